The molecule has 2 heteroatoms. The first kappa shape index (κ1) is 9.16. The van der Waals surface area contributed by atoms with Gasteiger partial charge in [0, 0.05) is 17.6 Å². The topological polar surface area (TPSA) is 38.9 Å². The van der Waals surface area contributed by atoms with Gasteiger partial charge in [-0.25, -0.2) is 0 Å². The Morgan fingerprint density at radius 2 is 2.07 bits per heavy atom. The lowest BCUT2D eigenvalue weighted by atomic mass is 10.0. The highest BCUT2D eigenvalue weighted by Crippen LogP contribution is 2.21. The van der Waals surface area contributed by atoms with Gasteiger partial charge in [-0.15, -0.1) is 0 Å². The second-order valence-electron chi connectivity index (χ2n) is 3.71. The van der Waals surface area contributed by atoms with Gasteiger partial charge in [-0.2, -0.15) is 0 Å². The zero-order valence-corrected chi connectivity index (χ0v) is 8.49. The van der Waals surface area contributed by atoms with E-state index in [4.69, 9.17) is 5.73 Å². The van der Waals surface area contributed by atoms with Gasteiger partial charge >= 0.3 is 0 Å². The number of aryl methyl sites for hydroxylation is 1. The third-order valence-electron chi connectivity index (χ3n) is 2.38. The minimum Gasteiger partial charge on any atom is -0.323 e. The number of fused-ring (bicyclic) bond motifs is 1. The predicted molar refractivity (Wildman–Crippen MR) is 59.1 cm³/mol. The van der Waals surface area contributed by atoms with E-state index in [0.29, 0.717) is 0 Å². The first-order chi connectivity index (χ1) is 6.68. The summed E-state index contributed by atoms with van der Waals surface area (Å²) in [5, 5.41) is 2.38. The Balaban J connectivity index is 2.77. The SMILES string of the molecule is Cc1ccc2ccnc(C(C)N)c2c1. The molecular weight excluding hydrogens is 172 g/mol. The lowest BCUT2D eigenvalue weighted by Crippen LogP contribution is -2.07. The maximum Gasteiger partial charge on any atom is 0.0646 e. The van der Waals surface area contributed by atoms with Crippen molar-refractivity contribution in [3.63, 3.8) is 0 Å². The molecule has 2 N–H and O–H groups in total. The molecule has 72 valence electrons. The molecule has 0 amide bonds. The lowest BCUT2D eigenvalue weighted by molar-refractivity contribution is 0.791. The van der Waals surface area contributed by atoms with Crippen LogP contribution >= 0.6 is 0 Å². The molecule has 0 bridgehead atoms. The van der Waals surface area contributed by atoms with E-state index < -0.39 is 0 Å². The van der Waals surface area contributed by atoms with E-state index in [1.54, 1.807) is 0 Å². The van der Waals surface area contributed by atoms with Crippen molar-refractivity contribution in [3.8, 4) is 0 Å². The summed E-state index contributed by atoms with van der Waals surface area (Å²) in [5.41, 5.74) is 8.09. The van der Waals surface area contributed by atoms with Crippen LogP contribution < -0.4 is 5.73 Å². The summed E-state index contributed by atoms with van der Waals surface area (Å²) in [4.78, 5) is 4.32. The smallest absolute Gasteiger partial charge is 0.0646 e. The van der Waals surface area contributed by atoms with Crippen LogP contribution in [0.3, 0.4) is 0 Å². The minimum atomic E-state index is -0.0134. The van der Waals surface area contributed by atoms with Crippen LogP contribution in [0.25, 0.3) is 10.8 Å². The van der Waals surface area contributed by atoms with E-state index in [9.17, 15) is 0 Å². The molecule has 1 heterocycles. The molecule has 2 nitrogen and oxygen atoms in total. The average molecular weight is 186 g/mol. The molecule has 2 rings (SSSR count). The largest absolute Gasteiger partial charge is 0.323 e. The molecule has 0 saturated heterocycles. The molecule has 1 atom stereocenters. The van der Waals surface area contributed by atoms with Crippen molar-refractivity contribution in [1.82, 2.24) is 4.98 Å². The molecule has 1 unspecified atom stereocenters. The molecule has 0 spiro atoms. The second kappa shape index (κ2) is 3.39. The highest BCUT2D eigenvalue weighted by Gasteiger charge is 2.06. The van der Waals surface area contributed by atoms with Crippen LogP contribution in [0.1, 0.15) is 24.2 Å². The van der Waals surface area contributed by atoms with Gasteiger partial charge in [-0.3, -0.25) is 4.98 Å². The van der Waals surface area contributed by atoms with Crippen LogP contribution in [0, 0.1) is 6.92 Å². The summed E-state index contributed by atoms with van der Waals surface area (Å²) in [5.74, 6) is 0. The number of pyridine rings is 1. The first-order valence-corrected chi connectivity index (χ1v) is 4.79. The first-order valence-electron chi connectivity index (χ1n) is 4.79. The van der Waals surface area contributed by atoms with Crippen LogP contribution in [0.2, 0.25) is 0 Å². The summed E-state index contributed by atoms with van der Waals surface area (Å²) in [7, 11) is 0. The Labute approximate surface area is 83.8 Å². The van der Waals surface area contributed by atoms with Crippen molar-refractivity contribution in [3.05, 3.63) is 41.7 Å². The van der Waals surface area contributed by atoms with Gasteiger partial charge in [0.25, 0.3) is 0 Å². The van der Waals surface area contributed by atoms with Gasteiger partial charge in [0.15, 0.2) is 0 Å². The number of hydrogen-bond donors (Lipinski definition) is 1. The van der Waals surface area contributed by atoms with E-state index >= 15 is 0 Å². The normalized spacial score (nSPS) is 13.1. The zero-order valence-electron chi connectivity index (χ0n) is 8.49. The van der Waals surface area contributed by atoms with E-state index in [-0.39, 0.29) is 6.04 Å². The summed E-state index contributed by atoms with van der Waals surface area (Å²) >= 11 is 0. The fraction of sp³-hybridized carbons (Fsp3) is 0.250. The Bertz CT molecular complexity index is 461. The number of nitrogens with two attached hydrogens (primary N) is 1. The maximum absolute atomic E-state index is 5.87. The molecular formula is C12H14N2. The minimum absolute atomic E-state index is 0.0134. The van der Waals surface area contributed by atoms with Crippen LogP contribution in [0.4, 0.5) is 0 Å². The number of benzene rings is 1. The number of aromatic nitrogens is 1. The van der Waals surface area contributed by atoms with Crippen LogP contribution in [-0.4, -0.2) is 4.98 Å². The predicted octanol–water partition coefficient (Wildman–Crippen LogP) is 2.56. The second-order valence-corrected chi connectivity index (χ2v) is 3.71. The summed E-state index contributed by atoms with van der Waals surface area (Å²) in [6.07, 6.45) is 1.82. The molecule has 0 aliphatic heterocycles. The van der Waals surface area contributed by atoms with Crippen molar-refractivity contribution in [2.24, 2.45) is 5.73 Å². The van der Waals surface area contributed by atoms with E-state index in [1.165, 1.54) is 16.3 Å². The molecule has 1 aromatic heterocycles. The fourth-order valence-electron chi connectivity index (χ4n) is 1.67. The van der Waals surface area contributed by atoms with E-state index in [0.717, 1.165) is 5.69 Å². The summed E-state index contributed by atoms with van der Waals surface area (Å²) < 4.78 is 0. The highest BCUT2D eigenvalue weighted by molar-refractivity contribution is 5.85. The fourth-order valence-corrected chi connectivity index (χ4v) is 1.67. The molecule has 0 aliphatic rings. The Morgan fingerprint density at radius 1 is 1.29 bits per heavy atom. The van der Waals surface area contributed by atoms with E-state index in [1.807, 2.05) is 19.2 Å². The van der Waals surface area contributed by atoms with Crippen molar-refractivity contribution in [2.75, 3.05) is 0 Å². The molecule has 2 aromatic rings. The number of nitrogens with zero attached hydrogens (tertiary/aromatic N) is 1. The number of hydrogen-bond acceptors (Lipinski definition) is 2. The van der Waals surface area contributed by atoms with Crippen LogP contribution in [0.15, 0.2) is 30.5 Å². The van der Waals surface area contributed by atoms with Crippen molar-refractivity contribution in [1.29, 1.82) is 0 Å². The van der Waals surface area contributed by atoms with Gasteiger partial charge in [-0.05, 0) is 31.4 Å². The molecule has 0 saturated carbocycles. The quantitative estimate of drug-likeness (QED) is 0.743. The Hall–Kier alpha value is -1.41. The Kier molecular flexibility index (Phi) is 2.22. The van der Waals surface area contributed by atoms with Gasteiger partial charge < -0.3 is 5.73 Å². The van der Waals surface area contributed by atoms with Crippen LogP contribution in [-0.2, 0) is 0 Å². The maximum atomic E-state index is 5.87. The van der Waals surface area contributed by atoms with Gasteiger partial charge in [0.2, 0.25) is 0 Å². The van der Waals surface area contributed by atoms with Crippen molar-refractivity contribution < 1.29 is 0 Å². The van der Waals surface area contributed by atoms with Gasteiger partial charge in [0.1, 0.15) is 0 Å². The zero-order chi connectivity index (χ0) is 10.1. The summed E-state index contributed by atoms with van der Waals surface area (Å²) in [6.45, 7) is 4.04. The van der Waals surface area contributed by atoms with Crippen molar-refractivity contribution >= 4 is 10.8 Å². The molecule has 0 radical (unpaired) electrons. The summed E-state index contributed by atoms with van der Waals surface area (Å²) in [6, 6.07) is 8.35. The third kappa shape index (κ3) is 1.49. The number of rotatable bonds is 1. The van der Waals surface area contributed by atoms with E-state index in [2.05, 4.69) is 30.1 Å². The lowest BCUT2D eigenvalue weighted by Gasteiger charge is -2.08. The average Bonchev–Trinajstić information content (AvgIpc) is 2.16. The van der Waals surface area contributed by atoms with Crippen molar-refractivity contribution in [2.45, 2.75) is 19.9 Å². The highest BCUT2D eigenvalue weighted by atomic mass is 14.8. The molecule has 14 heavy (non-hydrogen) atoms. The molecule has 0 fully saturated rings. The van der Waals surface area contributed by atoms with Gasteiger partial charge in [0.05, 0.1) is 5.69 Å². The third-order valence-corrected chi connectivity index (χ3v) is 2.38. The van der Waals surface area contributed by atoms with Crippen LogP contribution in [0.5, 0.6) is 0 Å². The molecule has 1 aromatic carbocycles. The van der Waals surface area contributed by atoms with Gasteiger partial charge in [-0.1, -0.05) is 17.7 Å². The standard InChI is InChI=1S/C12H14N2/c1-8-3-4-10-5-6-14-12(9(2)13)11(10)7-8/h3-7,9H,13H2,1-2H3. The monoisotopic (exact) mass is 186 g/mol. The Morgan fingerprint density at radius 3 is 2.79 bits per heavy atom. The molecule has 0 aliphatic carbocycles.